The highest BCUT2D eigenvalue weighted by Gasteiger charge is 2.31. The molecule has 6 heteroatoms. The number of Topliss-reactive ketones (excluding diaryl/α,β-unsaturated/α-hetero) is 1. The number of hydrogen-bond acceptors (Lipinski definition) is 3. The van der Waals surface area contributed by atoms with Gasteiger partial charge in [0.1, 0.15) is 11.8 Å². The molecule has 0 aliphatic heterocycles. The number of benzene rings is 1. The van der Waals surface area contributed by atoms with Gasteiger partial charge in [0.25, 0.3) is 0 Å². The Balaban J connectivity index is 2.42. The zero-order chi connectivity index (χ0) is 24.5. The normalized spacial score (nSPS) is 12.7. The number of carbonyl (C=O) groups excluding carboxylic acids is 1. The van der Waals surface area contributed by atoms with Crippen molar-refractivity contribution in [1.29, 1.82) is 0 Å². The largest absolute Gasteiger partial charge is 0.360 e. The molecule has 0 amide bonds. The van der Waals surface area contributed by atoms with Crippen molar-refractivity contribution in [3.8, 4) is 11.1 Å². The lowest BCUT2D eigenvalue weighted by atomic mass is 9.90. The summed E-state index contributed by atoms with van der Waals surface area (Å²) in [6.45, 7) is 21.9. The summed E-state index contributed by atoms with van der Waals surface area (Å²) in [5.74, 6) is -0.0600. The lowest BCUT2D eigenvalue weighted by molar-refractivity contribution is -0.138. The Kier molecular flexibility index (Phi) is 7.31. The molecule has 0 saturated heterocycles. The van der Waals surface area contributed by atoms with Crippen molar-refractivity contribution in [2.24, 2.45) is 0 Å². The van der Waals surface area contributed by atoms with Gasteiger partial charge in [0, 0.05) is 45.9 Å². The number of rotatable bonds is 7. The molecule has 0 fully saturated rings. The summed E-state index contributed by atoms with van der Waals surface area (Å²) in [7, 11) is 0. The number of fused-ring (bicyclic) bond motifs is 1. The molecule has 0 aliphatic rings. The summed E-state index contributed by atoms with van der Waals surface area (Å²) in [6.07, 6.45) is 0.0213. The minimum atomic E-state index is -0.738. The minimum absolute atomic E-state index is 0.0600. The standard InChI is InChI=1S/C27H32ClN3O2/c1-16-18(3)31(15-9-14-29-8)26-22(16)24(20-10-12-21(28)13-11-20)23(17(2)30-26)25(19(4)32)33-27(5,6)7/h10-13,25H,9,14-15H2,1-7H3/t25-/m1/s1. The summed E-state index contributed by atoms with van der Waals surface area (Å²) in [5, 5.41) is 1.67. The molecule has 5 nitrogen and oxygen atoms in total. The van der Waals surface area contributed by atoms with E-state index in [4.69, 9.17) is 27.9 Å². The molecule has 0 aliphatic carbocycles. The molecule has 2 aromatic heterocycles. The molecule has 2 heterocycles. The molecular weight excluding hydrogens is 434 g/mol. The number of aromatic nitrogens is 2. The molecule has 0 saturated carbocycles. The van der Waals surface area contributed by atoms with Gasteiger partial charge in [-0.2, -0.15) is 0 Å². The average molecular weight is 466 g/mol. The van der Waals surface area contributed by atoms with Gasteiger partial charge in [0.05, 0.1) is 5.60 Å². The van der Waals surface area contributed by atoms with E-state index in [2.05, 4.69) is 23.3 Å². The van der Waals surface area contributed by atoms with Crippen molar-refractivity contribution in [3.63, 3.8) is 0 Å². The van der Waals surface area contributed by atoms with E-state index in [0.717, 1.165) is 57.6 Å². The Morgan fingerprint density at radius 1 is 1.21 bits per heavy atom. The number of carbonyl (C=O) groups is 1. The van der Waals surface area contributed by atoms with Crippen LogP contribution < -0.4 is 0 Å². The number of ether oxygens (including phenoxy) is 1. The summed E-state index contributed by atoms with van der Waals surface area (Å²) in [4.78, 5) is 21.4. The van der Waals surface area contributed by atoms with Crippen LogP contribution in [0, 0.1) is 27.3 Å². The predicted octanol–water partition coefficient (Wildman–Crippen LogP) is 7.04. The van der Waals surface area contributed by atoms with Crippen LogP contribution >= 0.6 is 11.6 Å². The number of aryl methyl sites for hydroxylation is 3. The van der Waals surface area contributed by atoms with Gasteiger partial charge in [-0.15, -0.1) is 0 Å². The SMILES string of the molecule is [C-]#[N+]CCCn1c(C)c(C)c2c(-c3ccc(Cl)cc3)c([C@H](OC(C)(C)C)C(C)=O)c(C)nc21. The van der Waals surface area contributed by atoms with Crippen LogP contribution in [-0.2, 0) is 16.1 Å². The molecule has 0 spiro atoms. The second kappa shape index (κ2) is 9.67. The molecule has 3 rings (SSSR count). The van der Waals surface area contributed by atoms with E-state index in [9.17, 15) is 4.79 Å². The third-order valence-corrected chi connectivity index (χ3v) is 6.12. The first-order valence-electron chi connectivity index (χ1n) is 11.2. The molecule has 174 valence electrons. The van der Waals surface area contributed by atoms with Gasteiger partial charge in [-0.05, 0) is 71.7 Å². The second-order valence-electron chi connectivity index (χ2n) is 9.51. The Hall–Kier alpha value is -2.68. The quantitative estimate of drug-likeness (QED) is 0.278. The van der Waals surface area contributed by atoms with Crippen LogP contribution in [0.2, 0.25) is 5.02 Å². The first kappa shape index (κ1) is 25.0. The van der Waals surface area contributed by atoms with Gasteiger partial charge in [-0.3, -0.25) is 4.79 Å². The zero-order valence-electron chi connectivity index (χ0n) is 20.5. The minimum Gasteiger partial charge on any atom is -0.360 e. The van der Waals surface area contributed by atoms with Crippen molar-refractivity contribution in [3.05, 3.63) is 63.2 Å². The summed E-state index contributed by atoms with van der Waals surface area (Å²) >= 11 is 6.20. The number of ketones is 1. The molecular formula is C27H32ClN3O2. The van der Waals surface area contributed by atoms with Crippen LogP contribution in [0.15, 0.2) is 24.3 Å². The third-order valence-electron chi connectivity index (χ3n) is 5.87. The van der Waals surface area contributed by atoms with Gasteiger partial charge in [0.15, 0.2) is 5.78 Å². The highest BCUT2D eigenvalue weighted by atomic mass is 35.5. The van der Waals surface area contributed by atoms with E-state index >= 15 is 0 Å². The van der Waals surface area contributed by atoms with E-state index in [1.165, 1.54) is 0 Å². The smallest absolute Gasteiger partial charge is 0.216 e. The first-order valence-corrected chi connectivity index (χ1v) is 11.6. The van der Waals surface area contributed by atoms with Gasteiger partial charge < -0.3 is 14.1 Å². The fourth-order valence-corrected chi connectivity index (χ4v) is 4.44. The van der Waals surface area contributed by atoms with Crippen molar-refractivity contribution in [2.45, 2.75) is 73.1 Å². The average Bonchev–Trinajstić information content (AvgIpc) is 2.96. The first-order chi connectivity index (χ1) is 15.5. The van der Waals surface area contributed by atoms with Crippen LogP contribution in [-0.4, -0.2) is 27.5 Å². The van der Waals surface area contributed by atoms with Crippen molar-refractivity contribution < 1.29 is 9.53 Å². The van der Waals surface area contributed by atoms with Gasteiger partial charge in [0.2, 0.25) is 6.54 Å². The number of pyridine rings is 1. The summed E-state index contributed by atoms with van der Waals surface area (Å²) < 4.78 is 8.50. The molecule has 0 N–H and O–H groups in total. The topological polar surface area (TPSA) is 48.5 Å². The fraction of sp³-hybridized carbons (Fsp3) is 0.444. The van der Waals surface area contributed by atoms with E-state index < -0.39 is 11.7 Å². The Bertz CT molecular complexity index is 1230. The molecule has 0 unspecified atom stereocenters. The molecule has 1 atom stereocenters. The van der Waals surface area contributed by atoms with Crippen LogP contribution in [0.4, 0.5) is 0 Å². The van der Waals surface area contributed by atoms with Crippen LogP contribution in [0.25, 0.3) is 27.0 Å². The van der Waals surface area contributed by atoms with Crippen molar-refractivity contribution >= 4 is 28.4 Å². The van der Waals surface area contributed by atoms with Crippen molar-refractivity contribution in [2.75, 3.05) is 6.54 Å². The highest BCUT2D eigenvalue weighted by Crippen LogP contribution is 2.42. The van der Waals surface area contributed by atoms with E-state index in [0.29, 0.717) is 11.6 Å². The fourth-order valence-electron chi connectivity index (χ4n) is 4.31. The maximum Gasteiger partial charge on any atom is 0.216 e. The predicted molar refractivity (Wildman–Crippen MR) is 135 cm³/mol. The number of hydrogen-bond donors (Lipinski definition) is 0. The molecule has 0 radical (unpaired) electrons. The summed E-state index contributed by atoms with van der Waals surface area (Å²) in [5.41, 5.74) is 6.09. The Morgan fingerprint density at radius 2 is 1.85 bits per heavy atom. The number of nitrogens with zero attached hydrogens (tertiary/aromatic N) is 3. The second-order valence-corrected chi connectivity index (χ2v) is 9.95. The van der Waals surface area contributed by atoms with E-state index in [1.54, 1.807) is 6.92 Å². The summed E-state index contributed by atoms with van der Waals surface area (Å²) in [6, 6.07) is 7.70. The number of halogens is 1. The van der Waals surface area contributed by atoms with Crippen LogP contribution in [0.1, 0.15) is 62.7 Å². The van der Waals surface area contributed by atoms with Gasteiger partial charge in [-0.1, -0.05) is 23.7 Å². The Labute approximate surface area is 201 Å². The third kappa shape index (κ3) is 5.13. The lowest BCUT2D eigenvalue weighted by Crippen LogP contribution is -2.27. The van der Waals surface area contributed by atoms with E-state index in [1.807, 2.05) is 52.0 Å². The maximum atomic E-state index is 12.9. The molecule has 0 bridgehead atoms. The van der Waals surface area contributed by atoms with Crippen molar-refractivity contribution in [1.82, 2.24) is 9.55 Å². The zero-order valence-corrected chi connectivity index (χ0v) is 21.3. The maximum absolute atomic E-state index is 12.9. The lowest BCUT2D eigenvalue weighted by Gasteiger charge is -2.29. The molecule has 1 aromatic carbocycles. The highest BCUT2D eigenvalue weighted by molar-refractivity contribution is 6.30. The Morgan fingerprint density at radius 3 is 2.39 bits per heavy atom. The molecule has 3 aromatic rings. The van der Waals surface area contributed by atoms with E-state index in [-0.39, 0.29) is 5.78 Å². The van der Waals surface area contributed by atoms with Crippen LogP contribution in [0.3, 0.4) is 0 Å². The monoisotopic (exact) mass is 465 g/mol. The van der Waals surface area contributed by atoms with Gasteiger partial charge >= 0.3 is 0 Å². The molecule has 33 heavy (non-hydrogen) atoms. The van der Waals surface area contributed by atoms with Gasteiger partial charge in [-0.25, -0.2) is 11.6 Å². The van der Waals surface area contributed by atoms with Crippen LogP contribution in [0.5, 0.6) is 0 Å².